The molecule has 0 saturated heterocycles. The number of carbonyl (C=O) groups excluding carboxylic acids is 1. The van der Waals surface area contributed by atoms with Crippen molar-refractivity contribution in [3.05, 3.63) is 52.2 Å². The molecule has 0 aliphatic rings. The maximum absolute atomic E-state index is 12.0. The zero-order valence-corrected chi connectivity index (χ0v) is 12.7. The molecule has 2 aromatic heterocycles. The quantitative estimate of drug-likeness (QED) is 0.580. The number of rotatable bonds is 4. The highest BCUT2D eigenvalue weighted by Gasteiger charge is 2.15. The van der Waals surface area contributed by atoms with Crippen molar-refractivity contribution in [1.82, 2.24) is 10.1 Å². The van der Waals surface area contributed by atoms with Gasteiger partial charge < -0.3 is 15.0 Å². The summed E-state index contributed by atoms with van der Waals surface area (Å²) in [6.45, 7) is -0.136. The molecule has 0 fully saturated rings. The number of aromatic nitrogens is 2. The number of carbonyl (C=O) groups is 1. The lowest BCUT2D eigenvalue weighted by molar-refractivity contribution is 0.0431. The van der Waals surface area contributed by atoms with E-state index in [1.54, 1.807) is 12.1 Å². The molecule has 0 amide bonds. The first-order valence-corrected chi connectivity index (χ1v) is 7.48. The van der Waals surface area contributed by atoms with Crippen molar-refractivity contribution in [2.75, 3.05) is 5.73 Å². The van der Waals surface area contributed by atoms with Crippen molar-refractivity contribution < 1.29 is 14.1 Å². The molecule has 0 saturated carbocycles. The molecule has 6 nitrogen and oxygen atoms in total. The Morgan fingerprint density at radius 2 is 2.27 bits per heavy atom. The van der Waals surface area contributed by atoms with Gasteiger partial charge in [0.05, 0.1) is 10.4 Å². The summed E-state index contributed by atoms with van der Waals surface area (Å²) in [5.41, 5.74) is 6.21. The lowest BCUT2D eigenvalue weighted by Crippen LogP contribution is -2.08. The Hall–Kier alpha value is -2.38. The van der Waals surface area contributed by atoms with Gasteiger partial charge in [0.15, 0.2) is 6.61 Å². The number of benzene rings is 1. The Labute approximate surface area is 134 Å². The van der Waals surface area contributed by atoms with Gasteiger partial charge in [0.1, 0.15) is 0 Å². The average molecular weight is 336 g/mol. The number of nitrogens with zero attached hydrogens (tertiary/aromatic N) is 2. The van der Waals surface area contributed by atoms with E-state index in [0.29, 0.717) is 16.5 Å². The summed E-state index contributed by atoms with van der Waals surface area (Å²) in [6.07, 6.45) is 0. The van der Waals surface area contributed by atoms with E-state index in [2.05, 4.69) is 10.1 Å². The van der Waals surface area contributed by atoms with E-state index in [4.69, 9.17) is 26.6 Å². The van der Waals surface area contributed by atoms with Crippen LogP contribution in [0, 0.1) is 0 Å². The molecular weight excluding hydrogens is 326 g/mol. The maximum Gasteiger partial charge on any atom is 0.340 e. The predicted octanol–water partition coefficient (Wildman–Crippen LogP) is 3.39. The Bertz CT molecular complexity index is 802. The summed E-state index contributed by atoms with van der Waals surface area (Å²) >= 11 is 7.33. The van der Waals surface area contributed by atoms with Crippen molar-refractivity contribution >= 4 is 34.6 Å². The summed E-state index contributed by atoms with van der Waals surface area (Å²) in [5, 5.41) is 6.14. The minimum absolute atomic E-state index is 0.136. The van der Waals surface area contributed by atoms with E-state index in [-0.39, 0.29) is 18.1 Å². The van der Waals surface area contributed by atoms with Gasteiger partial charge in [-0.25, -0.2) is 4.79 Å². The van der Waals surface area contributed by atoms with Gasteiger partial charge in [0.2, 0.25) is 5.82 Å². The van der Waals surface area contributed by atoms with Gasteiger partial charge >= 0.3 is 5.97 Å². The van der Waals surface area contributed by atoms with Crippen LogP contribution in [0.25, 0.3) is 10.7 Å². The largest absolute Gasteiger partial charge is 0.452 e. The second-order valence-electron chi connectivity index (χ2n) is 4.30. The molecule has 2 N–H and O–H groups in total. The highest BCUT2D eigenvalue weighted by molar-refractivity contribution is 7.13. The van der Waals surface area contributed by atoms with Gasteiger partial charge in [-0.2, -0.15) is 4.98 Å². The summed E-state index contributed by atoms with van der Waals surface area (Å²) in [7, 11) is 0. The first kappa shape index (κ1) is 14.6. The highest BCUT2D eigenvalue weighted by atomic mass is 35.5. The predicted molar refractivity (Wildman–Crippen MR) is 82.6 cm³/mol. The van der Waals surface area contributed by atoms with Crippen LogP contribution in [0.1, 0.15) is 16.2 Å². The van der Waals surface area contributed by atoms with Crippen LogP contribution in [0.5, 0.6) is 0 Å². The average Bonchev–Trinajstić information content (AvgIpc) is 3.17. The van der Waals surface area contributed by atoms with Crippen LogP contribution in [0.3, 0.4) is 0 Å². The molecule has 0 atom stereocenters. The normalized spacial score (nSPS) is 10.6. The molecule has 1 aromatic carbocycles. The summed E-state index contributed by atoms with van der Waals surface area (Å²) < 4.78 is 10.1. The highest BCUT2D eigenvalue weighted by Crippen LogP contribution is 2.22. The molecule has 2 heterocycles. The number of nitrogens with two attached hydrogens (primary N) is 1. The SMILES string of the molecule is Nc1ccc(Cl)cc1C(=O)OCc1nc(-c2cccs2)no1. The number of nitrogen functional groups attached to an aromatic ring is 1. The zero-order chi connectivity index (χ0) is 15.5. The molecule has 0 bridgehead atoms. The van der Waals surface area contributed by atoms with Crippen LogP contribution in [0.15, 0.2) is 40.2 Å². The maximum atomic E-state index is 12.0. The van der Waals surface area contributed by atoms with Crippen LogP contribution < -0.4 is 5.73 Å². The first-order chi connectivity index (χ1) is 10.6. The minimum Gasteiger partial charge on any atom is -0.452 e. The van der Waals surface area contributed by atoms with Crippen LogP contribution in [-0.4, -0.2) is 16.1 Å². The van der Waals surface area contributed by atoms with E-state index in [1.165, 1.54) is 17.4 Å². The Balaban J connectivity index is 1.67. The van der Waals surface area contributed by atoms with Crippen molar-refractivity contribution in [2.45, 2.75) is 6.61 Å². The minimum atomic E-state index is -0.601. The molecule has 0 spiro atoms. The lowest BCUT2D eigenvalue weighted by Gasteiger charge is -2.05. The Morgan fingerprint density at radius 3 is 3.05 bits per heavy atom. The van der Waals surface area contributed by atoms with Crippen molar-refractivity contribution in [1.29, 1.82) is 0 Å². The second-order valence-corrected chi connectivity index (χ2v) is 5.68. The molecule has 3 aromatic rings. The van der Waals surface area contributed by atoms with E-state index >= 15 is 0 Å². The van der Waals surface area contributed by atoms with Gasteiger partial charge in [-0.15, -0.1) is 11.3 Å². The molecule has 0 aliphatic heterocycles. The van der Waals surface area contributed by atoms with E-state index in [0.717, 1.165) is 4.88 Å². The molecular formula is C14H10ClN3O3S. The fourth-order valence-corrected chi connectivity index (χ4v) is 2.55. The van der Waals surface area contributed by atoms with Crippen LogP contribution in [0.4, 0.5) is 5.69 Å². The van der Waals surface area contributed by atoms with Gasteiger partial charge in [-0.1, -0.05) is 22.8 Å². The Morgan fingerprint density at radius 1 is 1.41 bits per heavy atom. The summed E-state index contributed by atoms with van der Waals surface area (Å²) in [5.74, 6) is 0.0662. The fourth-order valence-electron chi connectivity index (χ4n) is 1.73. The number of hydrogen-bond donors (Lipinski definition) is 1. The summed E-state index contributed by atoms with van der Waals surface area (Å²) in [6, 6.07) is 8.35. The number of thiophene rings is 1. The van der Waals surface area contributed by atoms with Crippen molar-refractivity contribution in [3.8, 4) is 10.7 Å². The molecule has 0 radical (unpaired) electrons. The zero-order valence-electron chi connectivity index (χ0n) is 11.2. The van der Waals surface area contributed by atoms with Gasteiger partial charge in [0.25, 0.3) is 5.89 Å². The third-order valence-electron chi connectivity index (χ3n) is 2.77. The molecule has 0 aliphatic carbocycles. The third kappa shape index (κ3) is 3.10. The van der Waals surface area contributed by atoms with E-state index < -0.39 is 5.97 Å². The smallest absolute Gasteiger partial charge is 0.340 e. The first-order valence-electron chi connectivity index (χ1n) is 6.22. The van der Waals surface area contributed by atoms with E-state index in [1.807, 2.05) is 17.5 Å². The summed E-state index contributed by atoms with van der Waals surface area (Å²) in [4.78, 5) is 17.0. The number of hydrogen-bond acceptors (Lipinski definition) is 7. The third-order valence-corrected chi connectivity index (χ3v) is 3.87. The van der Waals surface area contributed by atoms with Crippen LogP contribution >= 0.6 is 22.9 Å². The number of halogens is 1. The topological polar surface area (TPSA) is 91.2 Å². The van der Waals surface area contributed by atoms with Gasteiger partial charge in [-0.3, -0.25) is 0 Å². The number of esters is 1. The number of ether oxygens (including phenoxy) is 1. The molecule has 0 unspecified atom stereocenters. The van der Waals surface area contributed by atoms with Crippen molar-refractivity contribution in [3.63, 3.8) is 0 Å². The Kier molecular flexibility index (Phi) is 4.08. The standard InChI is InChI=1S/C14H10ClN3O3S/c15-8-3-4-10(16)9(6-8)14(19)20-7-12-17-13(18-21-12)11-2-1-5-22-11/h1-6H,7,16H2. The fraction of sp³-hybridized carbons (Fsp3) is 0.0714. The van der Waals surface area contributed by atoms with Crippen molar-refractivity contribution in [2.24, 2.45) is 0 Å². The van der Waals surface area contributed by atoms with Gasteiger partial charge in [-0.05, 0) is 29.6 Å². The van der Waals surface area contributed by atoms with Crippen LogP contribution in [0.2, 0.25) is 5.02 Å². The monoisotopic (exact) mass is 335 g/mol. The van der Waals surface area contributed by atoms with Gasteiger partial charge in [0, 0.05) is 10.7 Å². The second kappa shape index (κ2) is 6.17. The number of anilines is 1. The molecule has 22 heavy (non-hydrogen) atoms. The molecule has 3 rings (SSSR count). The van der Waals surface area contributed by atoms with E-state index in [9.17, 15) is 4.79 Å². The molecule has 8 heteroatoms. The molecule has 112 valence electrons. The van der Waals surface area contributed by atoms with Crippen LogP contribution in [-0.2, 0) is 11.3 Å². The lowest BCUT2D eigenvalue weighted by atomic mass is 10.2.